The fourth-order valence-corrected chi connectivity index (χ4v) is 2.60. The number of anilines is 1. The molecule has 2 aromatic carbocycles. The summed E-state index contributed by atoms with van der Waals surface area (Å²) >= 11 is 5.68. The van der Waals surface area contributed by atoms with Gasteiger partial charge in [-0.05, 0) is 42.0 Å². The molecule has 1 aliphatic heterocycles. The molecule has 5 heteroatoms. The lowest BCUT2D eigenvalue weighted by Crippen LogP contribution is -2.20. The molecule has 0 saturated heterocycles. The zero-order valence-corrected chi connectivity index (χ0v) is 11.9. The molecule has 0 saturated carbocycles. The highest BCUT2D eigenvalue weighted by atomic mass is 35.5. The number of halogens is 2. The number of ketones is 1. The summed E-state index contributed by atoms with van der Waals surface area (Å²) in [4.78, 5) is 25.5. The van der Waals surface area contributed by atoms with Gasteiger partial charge in [0.05, 0.1) is 12.0 Å². The summed E-state index contributed by atoms with van der Waals surface area (Å²) < 4.78 is 13.8. The van der Waals surface area contributed by atoms with Crippen molar-refractivity contribution in [2.75, 3.05) is 11.9 Å². The van der Waals surface area contributed by atoms with Crippen molar-refractivity contribution in [3.8, 4) is 0 Å². The van der Waals surface area contributed by atoms with E-state index >= 15 is 0 Å². The maximum atomic E-state index is 13.8. The first kappa shape index (κ1) is 13.8. The van der Waals surface area contributed by atoms with Crippen LogP contribution in [0.1, 0.15) is 21.5 Å². The first-order chi connectivity index (χ1) is 9.97. The number of rotatable bonds is 2. The first-order valence-electron chi connectivity index (χ1n) is 6.36. The van der Waals surface area contributed by atoms with Gasteiger partial charge in [0, 0.05) is 23.3 Å². The minimum absolute atomic E-state index is 0.0210. The van der Waals surface area contributed by atoms with Crippen molar-refractivity contribution >= 4 is 29.0 Å². The van der Waals surface area contributed by atoms with Gasteiger partial charge in [-0.25, -0.2) is 4.39 Å². The van der Waals surface area contributed by atoms with Crippen LogP contribution in [0.2, 0.25) is 5.02 Å². The molecule has 1 aliphatic rings. The molecular weight excluding hydrogens is 293 g/mol. The normalized spacial score (nSPS) is 13.5. The average Bonchev–Trinajstić information content (AvgIpc) is 2.73. The number of carbonyl (C=O) groups excluding carboxylic acids is 2. The van der Waals surface area contributed by atoms with E-state index in [-0.39, 0.29) is 22.9 Å². The highest BCUT2D eigenvalue weighted by Crippen LogP contribution is 2.29. The second kappa shape index (κ2) is 4.97. The predicted octanol–water partition coefficient (Wildman–Crippen LogP) is 3.23. The van der Waals surface area contributed by atoms with Crippen molar-refractivity contribution in [1.82, 2.24) is 0 Å². The average molecular weight is 304 g/mol. The van der Waals surface area contributed by atoms with Crippen LogP contribution in [0.25, 0.3) is 0 Å². The van der Waals surface area contributed by atoms with Crippen LogP contribution >= 0.6 is 11.6 Å². The summed E-state index contributed by atoms with van der Waals surface area (Å²) in [6, 6.07) is 8.91. The first-order valence-corrected chi connectivity index (χ1v) is 6.74. The Balaban J connectivity index is 2.00. The Bertz CT molecular complexity index is 773. The van der Waals surface area contributed by atoms with Gasteiger partial charge < -0.3 is 4.90 Å². The van der Waals surface area contributed by atoms with Crippen LogP contribution < -0.4 is 4.90 Å². The predicted molar refractivity (Wildman–Crippen MR) is 78.4 cm³/mol. The van der Waals surface area contributed by atoms with Crippen molar-refractivity contribution in [2.24, 2.45) is 0 Å². The molecule has 1 amide bonds. The van der Waals surface area contributed by atoms with Gasteiger partial charge in [0.15, 0.2) is 5.78 Å². The second-order valence-electron chi connectivity index (χ2n) is 4.93. The van der Waals surface area contributed by atoms with E-state index in [0.717, 1.165) is 17.3 Å². The lowest BCUT2D eigenvalue weighted by atomic mass is 10.00. The van der Waals surface area contributed by atoms with Crippen LogP contribution in [-0.2, 0) is 11.2 Å². The Labute approximate surface area is 125 Å². The van der Waals surface area contributed by atoms with Crippen LogP contribution in [0.5, 0.6) is 0 Å². The van der Waals surface area contributed by atoms with E-state index < -0.39 is 11.6 Å². The summed E-state index contributed by atoms with van der Waals surface area (Å²) in [5.74, 6) is -1.09. The number of likely N-dealkylation sites (N-methyl/N-ethyl adjacent to an activating group) is 1. The number of hydrogen-bond acceptors (Lipinski definition) is 2. The van der Waals surface area contributed by atoms with Crippen LogP contribution in [0, 0.1) is 5.82 Å². The third kappa shape index (κ3) is 2.32. The second-order valence-corrected chi connectivity index (χ2v) is 5.36. The van der Waals surface area contributed by atoms with Gasteiger partial charge in [-0.2, -0.15) is 0 Å². The highest BCUT2D eigenvalue weighted by Gasteiger charge is 2.25. The maximum absolute atomic E-state index is 13.8. The Morgan fingerprint density at radius 3 is 2.71 bits per heavy atom. The largest absolute Gasteiger partial charge is 0.315 e. The Hall–Kier alpha value is -2.20. The topological polar surface area (TPSA) is 37.4 Å². The summed E-state index contributed by atoms with van der Waals surface area (Å²) in [6.07, 6.45) is 0.260. The summed E-state index contributed by atoms with van der Waals surface area (Å²) in [7, 11) is 1.69. The Morgan fingerprint density at radius 2 is 2.00 bits per heavy atom. The molecule has 0 spiro atoms. The molecule has 106 valence electrons. The molecule has 3 nitrogen and oxygen atoms in total. The smallest absolute Gasteiger partial charge is 0.231 e. The van der Waals surface area contributed by atoms with E-state index in [4.69, 9.17) is 11.6 Å². The van der Waals surface area contributed by atoms with Crippen molar-refractivity contribution in [2.45, 2.75) is 6.42 Å². The number of amides is 1. The molecule has 1 heterocycles. The van der Waals surface area contributed by atoms with Crippen molar-refractivity contribution in [3.05, 3.63) is 63.9 Å². The van der Waals surface area contributed by atoms with E-state index in [1.165, 1.54) is 12.1 Å². The number of fused-ring (bicyclic) bond motifs is 1. The van der Waals surface area contributed by atoms with E-state index in [9.17, 15) is 14.0 Å². The van der Waals surface area contributed by atoms with Gasteiger partial charge in [0.2, 0.25) is 5.91 Å². The highest BCUT2D eigenvalue weighted by molar-refractivity contribution is 6.30. The molecular formula is C16H11ClFNO2. The van der Waals surface area contributed by atoms with Crippen molar-refractivity contribution < 1.29 is 14.0 Å². The number of hydrogen-bond donors (Lipinski definition) is 0. The lowest BCUT2D eigenvalue weighted by Gasteiger charge is -2.10. The monoisotopic (exact) mass is 303 g/mol. The molecule has 0 radical (unpaired) electrons. The van der Waals surface area contributed by atoms with Gasteiger partial charge in [-0.15, -0.1) is 0 Å². The summed E-state index contributed by atoms with van der Waals surface area (Å²) in [5, 5.41) is 0.241. The van der Waals surface area contributed by atoms with Crippen molar-refractivity contribution in [1.29, 1.82) is 0 Å². The van der Waals surface area contributed by atoms with Crippen LogP contribution in [-0.4, -0.2) is 18.7 Å². The molecule has 0 atom stereocenters. The molecule has 0 bridgehead atoms. The molecule has 0 unspecified atom stereocenters. The molecule has 21 heavy (non-hydrogen) atoms. The van der Waals surface area contributed by atoms with Gasteiger partial charge >= 0.3 is 0 Å². The zero-order chi connectivity index (χ0) is 15.1. The van der Waals surface area contributed by atoms with Gasteiger partial charge in [-0.1, -0.05) is 11.6 Å². The van der Waals surface area contributed by atoms with Crippen LogP contribution in [0.15, 0.2) is 36.4 Å². The number of carbonyl (C=O) groups is 2. The molecule has 0 N–H and O–H groups in total. The Kier molecular flexibility index (Phi) is 3.26. The number of nitrogens with zero attached hydrogens (tertiary/aromatic N) is 1. The van der Waals surface area contributed by atoms with E-state index in [0.29, 0.717) is 5.56 Å². The zero-order valence-electron chi connectivity index (χ0n) is 11.2. The summed E-state index contributed by atoms with van der Waals surface area (Å²) in [6.45, 7) is 0. The fraction of sp³-hybridized carbons (Fsp3) is 0.125. The third-order valence-corrected chi connectivity index (χ3v) is 3.83. The third-order valence-electron chi connectivity index (χ3n) is 3.59. The van der Waals surface area contributed by atoms with E-state index in [1.54, 1.807) is 30.1 Å². The maximum Gasteiger partial charge on any atom is 0.231 e. The molecule has 0 aromatic heterocycles. The minimum Gasteiger partial charge on any atom is -0.315 e. The lowest BCUT2D eigenvalue weighted by molar-refractivity contribution is -0.117. The van der Waals surface area contributed by atoms with E-state index in [2.05, 4.69) is 0 Å². The van der Waals surface area contributed by atoms with Gasteiger partial charge in [0.25, 0.3) is 0 Å². The molecule has 0 aliphatic carbocycles. The van der Waals surface area contributed by atoms with E-state index in [1.807, 2.05) is 0 Å². The molecule has 2 aromatic rings. The Morgan fingerprint density at radius 1 is 1.24 bits per heavy atom. The molecule has 0 fully saturated rings. The van der Waals surface area contributed by atoms with Crippen LogP contribution in [0.4, 0.5) is 10.1 Å². The summed E-state index contributed by atoms with van der Waals surface area (Å²) in [5.41, 5.74) is 1.89. The minimum atomic E-state index is -0.652. The SMILES string of the molecule is CN1C(=O)Cc2cc(C(=O)c3ccc(Cl)cc3F)ccc21. The van der Waals surface area contributed by atoms with Crippen LogP contribution in [0.3, 0.4) is 0 Å². The fourth-order valence-electron chi connectivity index (χ4n) is 2.44. The van der Waals surface area contributed by atoms with Gasteiger partial charge in [0.1, 0.15) is 5.82 Å². The quantitative estimate of drug-likeness (QED) is 0.799. The molecule has 3 rings (SSSR count). The van der Waals surface area contributed by atoms with Gasteiger partial charge in [-0.3, -0.25) is 9.59 Å². The van der Waals surface area contributed by atoms with Crippen molar-refractivity contribution in [3.63, 3.8) is 0 Å². The standard InChI is InChI=1S/C16H11ClFNO2/c1-19-14-5-2-9(6-10(14)7-15(19)20)16(21)12-4-3-11(17)8-13(12)18/h2-6,8H,7H2,1H3. The number of benzene rings is 2.